The normalized spacial score (nSPS) is 14.2. The maximum Gasteiger partial charge on any atom is 0.313 e. The number of para-hydroxylation sites is 2. The second-order valence-corrected chi connectivity index (χ2v) is 7.94. The smallest absolute Gasteiger partial charge is 0.313 e. The summed E-state index contributed by atoms with van der Waals surface area (Å²) in [5.74, 6) is -0.326. The van der Waals surface area contributed by atoms with E-state index < -0.39 is 11.8 Å². The molecule has 0 atom stereocenters. The van der Waals surface area contributed by atoms with Gasteiger partial charge in [-0.15, -0.1) is 0 Å². The highest BCUT2D eigenvalue weighted by atomic mass is 16.5. The molecule has 1 fully saturated rings. The fourth-order valence-corrected chi connectivity index (χ4v) is 3.92. The van der Waals surface area contributed by atoms with E-state index in [9.17, 15) is 9.59 Å². The number of nitrogens with zero attached hydrogens (tertiary/aromatic N) is 2. The van der Waals surface area contributed by atoms with E-state index >= 15 is 0 Å². The highest BCUT2D eigenvalue weighted by Gasteiger charge is 2.19. The molecule has 0 saturated carbocycles. The highest BCUT2D eigenvalue weighted by Crippen LogP contribution is 2.28. The van der Waals surface area contributed by atoms with Gasteiger partial charge in [-0.1, -0.05) is 18.2 Å². The number of nitrogens with one attached hydrogen (secondary N) is 2. The number of amides is 2. The molecule has 1 saturated heterocycles. The third-order valence-corrected chi connectivity index (χ3v) is 5.42. The molecule has 3 rings (SSSR count). The zero-order valence-corrected chi connectivity index (χ0v) is 18.6. The first-order valence-electron chi connectivity index (χ1n) is 10.7. The van der Waals surface area contributed by atoms with E-state index in [1.165, 1.54) is 0 Å². The lowest BCUT2D eigenvalue weighted by molar-refractivity contribution is -0.136. The van der Waals surface area contributed by atoms with E-state index in [1.54, 1.807) is 7.11 Å². The number of aryl methyl sites for hydroxylation is 2. The molecule has 1 heterocycles. The molecule has 7 nitrogen and oxygen atoms in total. The number of benzene rings is 2. The Hall–Kier alpha value is -3.06. The Labute approximate surface area is 184 Å². The van der Waals surface area contributed by atoms with Crippen molar-refractivity contribution in [1.29, 1.82) is 0 Å². The molecule has 31 heavy (non-hydrogen) atoms. The van der Waals surface area contributed by atoms with Crippen molar-refractivity contribution in [2.75, 3.05) is 56.6 Å². The van der Waals surface area contributed by atoms with Gasteiger partial charge < -0.3 is 20.3 Å². The van der Waals surface area contributed by atoms with Gasteiger partial charge in [-0.05, 0) is 62.2 Å². The van der Waals surface area contributed by atoms with Crippen LogP contribution in [0.3, 0.4) is 0 Å². The molecule has 7 heteroatoms. The Morgan fingerprint density at radius 3 is 2.32 bits per heavy atom. The lowest BCUT2D eigenvalue weighted by atomic mass is 10.1. The van der Waals surface area contributed by atoms with Crippen molar-refractivity contribution in [2.24, 2.45) is 0 Å². The molecular weight excluding hydrogens is 392 g/mol. The van der Waals surface area contributed by atoms with Crippen molar-refractivity contribution in [2.45, 2.75) is 20.3 Å². The van der Waals surface area contributed by atoms with E-state index in [4.69, 9.17) is 4.74 Å². The quantitative estimate of drug-likeness (QED) is 0.528. The molecule has 2 aromatic carbocycles. The van der Waals surface area contributed by atoms with Crippen molar-refractivity contribution >= 4 is 23.2 Å². The Balaban J connectivity index is 1.35. The third kappa shape index (κ3) is 6.46. The SMILES string of the molecule is COc1ccccc1N1CCN(CCCNC(=O)C(=O)Nc2cc(C)cc(C)c2)CC1. The van der Waals surface area contributed by atoms with Gasteiger partial charge in [0.05, 0.1) is 12.8 Å². The van der Waals surface area contributed by atoms with Crippen LogP contribution in [0.4, 0.5) is 11.4 Å². The highest BCUT2D eigenvalue weighted by molar-refractivity contribution is 6.39. The molecule has 2 amide bonds. The Bertz CT molecular complexity index is 887. The van der Waals surface area contributed by atoms with Crippen LogP contribution in [0.25, 0.3) is 0 Å². The van der Waals surface area contributed by atoms with Gasteiger partial charge in [0, 0.05) is 38.4 Å². The molecule has 1 aliphatic rings. The van der Waals surface area contributed by atoms with Crippen LogP contribution >= 0.6 is 0 Å². The van der Waals surface area contributed by atoms with Crippen molar-refractivity contribution < 1.29 is 14.3 Å². The van der Waals surface area contributed by atoms with Crippen LogP contribution in [0, 0.1) is 13.8 Å². The summed E-state index contributed by atoms with van der Waals surface area (Å²) in [7, 11) is 1.70. The minimum atomic E-state index is -0.629. The first-order valence-corrected chi connectivity index (χ1v) is 10.7. The number of methoxy groups -OCH3 is 1. The minimum Gasteiger partial charge on any atom is -0.495 e. The molecular formula is C24H32N4O3. The third-order valence-electron chi connectivity index (χ3n) is 5.42. The summed E-state index contributed by atoms with van der Waals surface area (Å²) >= 11 is 0. The Morgan fingerprint density at radius 2 is 1.65 bits per heavy atom. The monoisotopic (exact) mass is 424 g/mol. The molecule has 0 radical (unpaired) electrons. The summed E-state index contributed by atoms with van der Waals surface area (Å²) in [5.41, 5.74) is 3.86. The second kappa shape index (κ2) is 10.8. The molecule has 1 aliphatic heterocycles. The summed E-state index contributed by atoms with van der Waals surface area (Å²) in [6, 6.07) is 13.8. The number of rotatable bonds is 7. The number of piperazine rings is 1. The van der Waals surface area contributed by atoms with E-state index in [0.717, 1.165) is 61.7 Å². The van der Waals surface area contributed by atoms with Crippen molar-refractivity contribution in [3.05, 3.63) is 53.6 Å². The average Bonchev–Trinajstić information content (AvgIpc) is 2.76. The van der Waals surface area contributed by atoms with E-state index in [1.807, 2.05) is 50.2 Å². The Kier molecular flexibility index (Phi) is 7.89. The number of carbonyl (C=O) groups is 2. The summed E-state index contributed by atoms with van der Waals surface area (Å²) in [6.45, 7) is 9.07. The second-order valence-electron chi connectivity index (χ2n) is 7.94. The molecule has 166 valence electrons. The Morgan fingerprint density at radius 1 is 0.968 bits per heavy atom. The van der Waals surface area contributed by atoms with Crippen molar-refractivity contribution in [3.8, 4) is 5.75 Å². The van der Waals surface area contributed by atoms with Gasteiger partial charge in [0.25, 0.3) is 0 Å². The van der Waals surface area contributed by atoms with Gasteiger partial charge in [0.1, 0.15) is 5.75 Å². The van der Waals surface area contributed by atoms with Gasteiger partial charge in [0.2, 0.25) is 0 Å². The summed E-state index contributed by atoms with van der Waals surface area (Å²) in [6.07, 6.45) is 0.803. The van der Waals surface area contributed by atoms with Crippen LogP contribution in [0.1, 0.15) is 17.5 Å². The number of anilines is 2. The van der Waals surface area contributed by atoms with Crippen LogP contribution < -0.4 is 20.3 Å². The number of hydrogen-bond acceptors (Lipinski definition) is 5. The predicted molar refractivity (Wildman–Crippen MR) is 124 cm³/mol. The molecule has 0 unspecified atom stereocenters. The summed E-state index contributed by atoms with van der Waals surface area (Å²) < 4.78 is 5.47. The molecule has 2 N–H and O–H groups in total. The molecule has 0 aromatic heterocycles. The standard InChI is InChI=1S/C24H32N4O3/c1-18-15-19(2)17-20(16-18)26-24(30)23(29)25-9-6-10-27-11-13-28(14-12-27)21-7-4-5-8-22(21)31-3/h4-5,7-8,15-17H,6,9-14H2,1-3H3,(H,25,29)(H,26,30). The van der Waals surface area contributed by atoms with Gasteiger partial charge in [-0.2, -0.15) is 0 Å². The van der Waals surface area contributed by atoms with Gasteiger partial charge in [-0.25, -0.2) is 0 Å². The van der Waals surface area contributed by atoms with Crippen molar-refractivity contribution in [1.82, 2.24) is 10.2 Å². The van der Waals surface area contributed by atoms with Crippen molar-refractivity contribution in [3.63, 3.8) is 0 Å². The van der Waals surface area contributed by atoms with E-state index in [2.05, 4.69) is 26.5 Å². The first kappa shape index (κ1) is 22.6. The van der Waals surface area contributed by atoms with Crippen LogP contribution in [0.15, 0.2) is 42.5 Å². The minimum absolute atomic E-state index is 0.478. The van der Waals surface area contributed by atoms with Crippen LogP contribution in [-0.4, -0.2) is 63.1 Å². The number of ether oxygens (including phenoxy) is 1. The number of hydrogen-bond donors (Lipinski definition) is 2. The lowest BCUT2D eigenvalue weighted by Gasteiger charge is -2.36. The zero-order valence-electron chi connectivity index (χ0n) is 18.6. The molecule has 0 bridgehead atoms. The summed E-state index contributed by atoms with van der Waals surface area (Å²) in [5, 5.41) is 5.38. The fraction of sp³-hybridized carbons (Fsp3) is 0.417. The number of carbonyl (C=O) groups excluding carboxylic acids is 2. The molecule has 0 aliphatic carbocycles. The first-order chi connectivity index (χ1) is 15.0. The van der Waals surface area contributed by atoms with Gasteiger partial charge in [-0.3, -0.25) is 14.5 Å². The molecule has 2 aromatic rings. The van der Waals surface area contributed by atoms with Crippen LogP contribution in [-0.2, 0) is 9.59 Å². The van der Waals surface area contributed by atoms with Crippen LogP contribution in [0.5, 0.6) is 5.75 Å². The summed E-state index contributed by atoms with van der Waals surface area (Å²) in [4.78, 5) is 28.9. The lowest BCUT2D eigenvalue weighted by Crippen LogP contribution is -2.47. The maximum absolute atomic E-state index is 12.1. The maximum atomic E-state index is 12.1. The predicted octanol–water partition coefficient (Wildman–Crippen LogP) is 2.58. The average molecular weight is 425 g/mol. The van der Waals surface area contributed by atoms with Crippen LogP contribution in [0.2, 0.25) is 0 Å². The van der Waals surface area contributed by atoms with E-state index in [0.29, 0.717) is 12.2 Å². The van der Waals surface area contributed by atoms with Gasteiger partial charge >= 0.3 is 11.8 Å². The van der Waals surface area contributed by atoms with E-state index in [-0.39, 0.29) is 0 Å². The molecule has 0 spiro atoms. The topological polar surface area (TPSA) is 73.9 Å². The fourth-order valence-electron chi connectivity index (χ4n) is 3.92. The largest absolute Gasteiger partial charge is 0.495 e. The van der Waals surface area contributed by atoms with Gasteiger partial charge in [0.15, 0.2) is 0 Å². The zero-order chi connectivity index (χ0) is 22.2.